The van der Waals surface area contributed by atoms with E-state index in [1.165, 1.54) is 64.2 Å². The predicted molar refractivity (Wildman–Crippen MR) is 149 cm³/mol. The quantitative estimate of drug-likeness (QED) is 0.354. The average molecular weight is 493 g/mol. The van der Waals surface area contributed by atoms with Crippen molar-refractivity contribution in [3.05, 3.63) is 35.9 Å². The van der Waals surface area contributed by atoms with E-state index in [2.05, 4.69) is 34.6 Å². The monoisotopic (exact) mass is 492 g/mol. The molecule has 0 amide bonds. The maximum Gasteiger partial charge on any atom is 0.338 e. The van der Waals surface area contributed by atoms with Crippen LogP contribution in [0, 0.1) is 52.3 Å². The van der Waals surface area contributed by atoms with Gasteiger partial charge in [0.15, 0.2) is 0 Å². The molecule has 4 saturated carbocycles. The van der Waals surface area contributed by atoms with Gasteiger partial charge < -0.3 is 4.74 Å². The van der Waals surface area contributed by atoms with Crippen molar-refractivity contribution in [1.29, 1.82) is 0 Å². The zero-order valence-corrected chi connectivity index (χ0v) is 23.8. The second kappa shape index (κ2) is 10.5. The van der Waals surface area contributed by atoms with Crippen LogP contribution >= 0.6 is 0 Å². The predicted octanol–water partition coefficient (Wildman–Crippen LogP) is 9.33. The molecule has 0 spiro atoms. The van der Waals surface area contributed by atoms with Crippen LogP contribution in [0.2, 0.25) is 0 Å². The molecule has 0 unspecified atom stereocenters. The number of carbonyl (C=O) groups is 1. The van der Waals surface area contributed by atoms with Crippen molar-refractivity contribution in [2.24, 2.45) is 52.3 Å². The molecule has 4 fully saturated rings. The minimum absolute atomic E-state index is 0.101. The van der Waals surface area contributed by atoms with Crippen molar-refractivity contribution in [3.8, 4) is 0 Å². The van der Waals surface area contributed by atoms with E-state index in [9.17, 15) is 4.79 Å². The summed E-state index contributed by atoms with van der Waals surface area (Å²) in [6.45, 7) is 12.7. The van der Waals surface area contributed by atoms with Crippen molar-refractivity contribution in [3.63, 3.8) is 0 Å². The molecule has 1 aromatic rings. The zero-order chi connectivity index (χ0) is 25.5. The van der Waals surface area contributed by atoms with Crippen molar-refractivity contribution in [2.45, 2.75) is 118 Å². The van der Waals surface area contributed by atoms with E-state index in [0.717, 1.165) is 54.3 Å². The Morgan fingerprint density at radius 3 is 2.36 bits per heavy atom. The molecule has 36 heavy (non-hydrogen) atoms. The van der Waals surface area contributed by atoms with Gasteiger partial charge in [-0.05, 0) is 122 Å². The molecule has 1 aromatic carbocycles. The first kappa shape index (κ1) is 26.3. The number of fused-ring (bicyclic) bond motifs is 5. The Bertz CT molecular complexity index is 892. The Hall–Kier alpha value is -1.31. The molecule has 9 atom stereocenters. The van der Waals surface area contributed by atoms with Crippen LogP contribution in [0.1, 0.15) is 122 Å². The lowest BCUT2D eigenvalue weighted by molar-refractivity contribution is -0.130. The molecule has 0 aromatic heterocycles. The first-order valence-corrected chi connectivity index (χ1v) is 15.5. The lowest BCUT2D eigenvalue weighted by Crippen LogP contribution is -2.54. The Morgan fingerprint density at radius 2 is 1.61 bits per heavy atom. The number of hydrogen-bond donors (Lipinski definition) is 0. The molecule has 2 nitrogen and oxygen atoms in total. The first-order chi connectivity index (χ1) is 17.2. The summed E-state index contributed by atoms with van der Waals surface area (Å²) < 4.78 is 6.04. The first-order valence-electron chi connectivity index (χ1n) is 15.5. The molecule has 0 saturated heterocycles. The van der Waals surface area contributed by atoms with Crippen molar-refractivity contribution in [2.75, 3.05) is 0 Å². The van der Waals surface area contributed by atoms with Crippen LogP contribution in [-0.4, -0.2) is 12.1 Å². The maximum absolute atomic E-state index is 12.7. The Balaban J connectivity index is 1.22. The van der Waals surface area contributed by atoms with Gasteiger partial charge in [0.05, 0.1) is 5.56 Å². The molecular weight excluding hydrogens is 440 g/mol. The number of ether oxygens (including phenoxy) is 1. The Labute approximate surface area is 221 Å². The minimum atomic E-state index is -0.133. The molecule has 200 valence electrons. The molecule has 5 rings (SSSR count). The molecule has 0 N–H and O–H groups in total. The fourth-order valence-electron chi connectivity index (χ4n) is 10.1. The van der Waals surface area contributed by atoms with Gasteiger partial charge >= 0.3 is 5.97 Å². The summed E-state index contributed by atoms with van der Waals surface area (Å²) in [6, 6.07) is 9.55. The summed E-state index contributed by atoms with van der Waals surface area (Å²) in [4.78, 5) is 12.7. The van der Waals surface area contributed by atoms with Gasteiger partial charge in [-0.2, -0.15) is 0 Å². The third-order valence-corrected chi connectivity index (χ3v) is 12.1. The summed E-state index contributed by atoms with van der Waals surface area (Å²) in [5, 5.41) is 0. The van der Waals surface area contributed by atoms with Crippen LogP contribution in [0.5, 0.6) is 0 Å². The van der Waals surface area contributed by atoms with Crippen molar-refractivity contribution in [1.82, 2.24) is 0 Å². The maximum atomic E-state index is 12.7. The van der Waals surface area contributed by atoms with Gasteiger partial charge in [-0.25, -0.2) is 4.79 Å². The molecular formula is C34H52O2. The van der Waals surface area contributed by atoms with Crippen LogP contribution in [0.15, 0.2) is 30.3 Å². The topological polar surface area (TPSA) is 26.3 Å². The van der Waals surface area contributed by atoms with E-state index in [1.807, 2.05) is 30.3 Å². The second-order valence-electron chi connectivity index (χ2n) is 14.4. The van der Waals surface area contributed by atoms with Crippen LogP contribution in [-0.2, 0) is 4.74 Å². The average Bonchev–Trinajstić information content (AvgIpc) is 3.22. The van der Waals surface area contributed by atoms with Crippen molar-refractivity contribution >= 4 is 5.97 Å². The summed E-state index contributed by atoms with van der Waals surface area (Å²) in [5.41, 5.74) is 1.71. The van der Waals surface area contributed by atoms with E-state index in [4.69, 9.17) is 4.74 Å². The fourth-order valence-corrected chi connectivity index (χ4v) is 10.1. The van der Waals surface area contributed by atoms with Crippen LogP contribution in [0.25, 0.3) is 0 Å². The molecule has 0 aliphatic heterocycles. The summed E-state index contributed by atoms with van der Waals surface area (Å²) >= 11 is 0. The Morgan fingerprint density at radius 1 is 0.889 bits per heavy atom. The highest BCUT2D eigenvalue weighted by atomic mass is 16.5. The lowest BCUT2D eigenvalue weighted by atomic mass is 9.44. The smallest absolute Gasteiger partial charge is 0.338 e. The molecule has 2 heteroatoms. The van der Waals surface area contributed by atoms with Gasteiger partial charge in [0.2, 0.25) is 0 Å². The molecule has 0 radical (unpaired) electrons. The third kappa shape index (κ3) is 4.80. The molecule has 0 heterocycles. The van der Waals surface area contributed by atoms with Crippen molar-refractivity contribution < 1.29 is 9.53 Å². The van der Waals surface area contributed by atoms with E-state index >= 15 is 0 Å². The summed E-state index contributed by atoms with van der Waals surface area (Å²) in [7, 11) is 0. The molecule has 4 aliphatic rings. The minimum Gasteiger partial charge on any atom is -0.459 e. The highest BCUT2D eigenvalue weighted by Gasteiger charge is 2.60. The van der Waals surface area contributed by atoms with E-state index in [-0.39, 0.29) is 12.1 Å². The number of rotatable bonds is 7. The van der Waals surface area contributed by atoms with Gasteiger partial charge in [0, 0.05) is 0 Å². The van der Waals surface area contributed by atoms with E-state index < -0.39 is 0 Å². The van der Waals surface area contributed by atoms with E-state index in [1.54, 1.807) is 0 Å². The van der Waals surface area contributed by atoms with Gasteiger partial charge in [0.25, 0.3) is 0 Å². The fraction of sp³-hybridized carbons (Fsp3) is 0.794. The highest BCUT2D eigenvalue weighted by molar-refractivity contribution is 5.89. The number of carbonyl (C=O) groups excluding carboxylic acids is 1. The standard InChI is InChI=1S/C34H52O2/c1-23(2)10-9-11-24(3)29-16-17-30-28-15-14-26-22-27(36-32(35)25-12-7-6-8-13-25)18-20-33(26,4)31(28)19-21-34(29,30)5/h6-8,12-13,23-24,26-31H,9-11,14-22H2,1-5H3/t24-,26-,27+,28+,29-,30+,31+,33+,34-/m1/s1. The highest BCUT2D eigenvalue weighted by Crippen LogP contribution is 2.68. The van der Waals surface area contributed by atoms with Crippen LogP contribution < -0.4 is 0 Å². The third-order valence-electron chi connectivity index (χ3n) is 12.1. The van der Waals surface area contributed by atoms with Crippen LogP contribution in [0.3, 0.4) is 0 Å². The number of hydrogen-bond acceptors (Lipinski definition) is 2. The Kier molecular flexibility index (Phi) is 7.64. The normalized spacial score (nSPS) is 40.7. The van der Waals surface area contributed by atoms with E-state index in [0.29, 0.717) is 16.4 Å². The van der Waals surface area contributed by atoms with Gasteiger partial charge in [-0.15, -0.1) is 0 Å². The molecule has 0 bridgehead atoms. The molecule has 4 aliphatic carbocycles. The largest absolute Gasteiger partial charge is 0.459 e. The van der Waals surface area contributed by atoms with Gasteiger partial charge in [-0.1, -0.05) is 72.1 Å². The summed E-state index contributed by atoms with van der Waals surface area (Å²) in [6.07, 6.45) is 16.3. The number of esters is 1. The van der Waals surface area contributed by atoms with Gasteiger partial charge in [0.1, 0.15) is 6.10 Å². The number of benzene rings is 1. The SMILES string of the molecule is CC(C)CCC[C@@H](C)[C@H]1CC[C@H]2[C@@H]3CC[C@@H]4C[C@@H](OC(=O)c5ccccc5)CC[C@]4(C)[C@H]3CC[C@]12C. The lowest BCUT2D eigenvalue weighted by Gasteiger charge is -2.61. The zero-order valence-electron chi connectivity index (χ0n) is 23.8. The van der Waals surface area contributed by atoms with Crippen LogP contribution in [0.4, 0.5) is 0 Å². The summed E-state index contributed by atoms with van der Waals surface area (Å²) in [5.74, 6) is 6.01. The van der Waals surface area contributed by atoms with Gasteiger partial charge in [-0.3, -0.25) is 0 Å². The second-order valence-corrected chi connectivity index (χ2v) is 14.4.